The Labute approximate surface area is 122 Å². The quantitative estimate of drug-likeness (QED) is 0.839. The molecule has 3 heteroatoms. The van der Waals surface area contributed by atoms with Gasteiger partial charge in [-0.2, -0.15) is 0 Å². The lowest BCUT2D eigenvalue weighted by atomic mass is 10.1. The van der Waals surface area contributed by atoms with Crippen molar-refractivity contribution in [3.05, 3.63) is 29.8 Å². The van der Waals surface area contributed by atoms with E-state index < -0.39 is 0 Å². The maximum atomic E-state index is 5.51. The van der Waals surface area contributed by atoms with Crippen LogP contribution in [-0.4, -0.2) is 48.1 Å². The fourth-order valence-electron chi connectivity index (χ4n) is 3.56. The Bertz CT molecular complexity index is 431. The van der Waals surface area contributed by atoms with Crippen LogP contribution in [0, 0.1) is 0 Å². The lowest BCUT2D eigenvalue weighted by Gasteiger charge is -2.42. The van der Waals surface area contributed by atoms with E-state index in [-0.39, 0.29) is 0 Å². The van der Waals surface area contributed by atoms with E-state index in [4.69, 9.17) is 4.74 Å². The lowest BCUT2D eigenvalue weighted by molar-refractivity contribution is 0.0540. The van der Waals surface area contributed by atoms with Gasteiger partial charge in [0.05, 0.1) is 6.61 Å². The zero-order valence-electron chi connectivity index (χ0n) is 12.7. The Morgan fingerprint density at radius 1 is 1.20 bits per heavy atom. The number of hydrogen-bond donors (Lipinski definition) is 0. The van der Waals surface area contributed by atoms with Gasteiger partial charge >= 0.3 is 0 Å². The maximum absolute atomic E-state index is 5.51. The van der Waals surface area contributed by atoms with Gasteiger partial charge in [-0.1, -0.05) is 12.1 Å². The van der Waals surface area contributed by atoms with Gasteiger partial charge in [-0.15, -0.1) is 0 Å². The summed E-state index contributed by atoms with van der Waals surface area (Å²) in [7, 11) is 0. The standard InChI is InChI=1S/C17H26N2O/c1-3-20-17-8-6-15(7-9-17)12-19-13-16-5-4-10-18(16)11-14(19)2/h6-9,14,16H,3-5,10-13H2,1-2H3/t14-,16-/m1/s1. The van der Waals surface area contributed by atoms with Crippen molar-refractivity contribution in [2.75, 3.05) is 26.2 Å². The van der Waals surface area contributed by atoms with Crippen molar-refractivity contribution in [1.82, 2.24) is 9.80 Å². The van der Waals surface area contributed by atoms with E-state index >= 15 is 0 Å². The summed E-state index contributed by atoms with van der Waals surface area (Å²) in [6.45, 7) is 9.97. The van der Waals surface area contributed by atoms with Crippen LogP contribution in [0.3, 0.4) is 0 Å². The third kappa shape index (κ3) is 2.99. The summed E-state index contributed by atoms with van der Waals surface area (Å²) in [6.07, 6.45) is 2.76. The fraction of sp³-hybridized carbons (Fsp3) is 0.647. The molecule has 2 heterocycles. The second kappa shape index (κ2) is 6.15. The van der Waals surface area contributed by atoms with E-state index in [1.54, 1.807) is 0 Å². The lowest BCUT2D eigenvalue weighted by Crippen LogP contribution is -2.54. The third-order valence-electron chi connectivity index (χ3n) is 4.69. The second-order valence-electron chi connectivity index (χ2n) is 6.15. The van der Waals surface area contributed by atoms with Crippen molar-refractivity contribution in [2.24, 2.45) is 0 Å². The topological polar surface area (TPSA) is 15.7 Å². The van der Waals surface area contributed by atoms with Crippen LogP contribution in [0.4, 0.5) is 0 Å². The van der Waals surface area contributed by atoms with Gasteiger partial charge < -0.3 is 4.74 Å². The van der Waals surface area contributed by atoms with Gasteiger partial charge in [0.25, 0.3) is 0 Å². The van der Waals surface area contributed by atoms with Crippen LogP contribution in [0.5, 0.6) is 5.75 Å². The molecule has 0 amide bonds. The molecule has 0 spiro atoms. The number of rotatable bonds is 4. The minimum atomic E-state index is 0.663. The number of ether oxygens (including phenoxy) is 1. The minimum absolute atomic E-state index is 0.663. The first kappa shape index (κ1) is 13.9. The van der Waals surface area contributed by atoms with Gasteiger partial charge in [-0.3, -0.25) is 9.80 Å². The Morgan fingerprint density at radius 3 is 2.75 bits per heavy atom. The molecule has 1 aromatic carbocycles. The van der Waals surface area contributed by atoms with Crippen molar-refractivity contribution in [3.8, 4) is 5.75 Å². The second-order valence-corrected chi connectivity index (χ2v) is 6.15. The predicted molar refractivity (Wildman–Crippen MR) is 82.1 cm³/mol. The van der Waals surface area contributed by atoms with Crippen molar-refractivity contribution in [2.45, 2.75) is 45.3 Å². The van der Waals surface area contributed by atoms with Crippen LogP contribution < -0.4 is 4.74 Å². The molecule has 0 radical (unpaired) electrons. The highest BCUT2D eigenvalue weighted by molar-refractivity contribution is 5.27. The van der Waals surface area contributed by atoms with E-state index in [0.717, 1.165) is 24.9 Å². The largest absolute Gasteiger partial charge is 0.494 e. The summed E-state index contributed by atoms with van der Waals surface area (Å²) in [5, 5.41) is 0. The van der Waals surface area contributed by atoms with Crippen molar-refractivity contribution >= 4 is 0 Å². The summed E-state index contributed by atoms with van der Waals surface area (Å²) in [5.74, 6) is 0.977. The molecule has 0 aromatic heterocycles. The summed E-state index contributed by atoms with van der Waals surface area (Å²) in [5.41, 5.74) is 1.40. The molecule has 3 rings (SSSR count). The molecular weight excluding hydrogens is 248 g/mol. The van der Waals surface area contributed by atoms with Crippen LogP contribution in [-0.2, 0) is 6.54 Å². The normalized spacial score (nSPS) is 27.5. The molecule has 0 N–H and O–H groups in total. The number of piperazine rings is 1. The fourth-order valence-corrected chi connectivity index (χ4v) is 3.56. The molecule has 2 saturated heterocycles. The van der Waals surface area contributed by atoms with Gasteiger partial charge in [0, 0.05) is 31.7 Å². The van der Waals surface area contributed by atoms with E-state index in [1.807, 2.05) is 6.92 Å². The van der Waals surface area contributed by atoms with Crippen LogP contribution >= 0.6 is 0 Å². The van der Waals surface area contributed by atoms with E-state index in [0.29, 0.717) is 6.04 Å². The summed E-state index contributed by atoms with van der Waals surface area (Å²) in [6, 6.07) is 10.1. The average Bonchev–Trinajstić information content (AvgIpc) is 2.89. The highest BCUT2D eigenvalue weighted by Crippen LogP contribution is 2.26. The third-order valence-corrected chi connectivity index (χ3v) is 4.69. The SMILES string of the molecule is CCOc1ccc(CN2C[C@H]3CCCN3C[C@H]2C)cc1. The first-order valence-electron chi connectivity index (χ1n) is 7.96. The average molecular weight is 274 g/mol. The molecule has 2 fully saturated rings. The molecular formula is C17H26N2O. The van der Waals surface area contributed by atoms with Gasteiger partial charge in [0.1, 0.15) is 5.75 Å². The molecule has 2 atom stereocenters. The van der Waals surface area contributed by atoms with Crippen molar-refractivity contribution in [3.63, 3.8) is 0 Å². The molecule has 110 valence electrons. The minimum Gasteiger partial charge on any atom is -0.494 e. The number of hydrogen-bond acceptors (Lipinski definition) is 3. The Balaban J connectivity index is 1.61. The summed E-state index contributed by atoms with van der Waals surface area (Å²) in [4.78, 5) is 5.32. The van der Waals surface area contributed by atoms with Gasteiger partial charge in [0.15, 0.2) is 0 Å². The van der Waals surface area contributed by atoms with Gasteiger partial charge in [-0.25, -0.2) is 0 Å². The van der Waals surface area contributed by atoms with Crippen LogP contribution in [0.25, 0.3) is 0 Å². The van der Waals surface area contributed by atoms with Crippen molar-refractivity contribution in [1.29, 1.82) is 0 Å². The van der Waals surface area contributed by atoms with Crippen LogP contribution in [0.2, 0.25) is 0 Å². The molecule has 3 nitrogen and oxygen atoms in total. The number of nitrogens with zero attached hydrogens (tertiary/aromatic N) is 2. The molecule has 2 aliphatic rings. The molecule has 1 aromatic rings. The zero-order valence-corrected chi connectivity index (χ0v) is 12.7. The van der Waals surface area contributed by atoms with E-state index in [9.17, 15) is 0 Å². The first-order chi connectivity index (χ1) is 9.76. The van der Waals surface area contributed by atoms with Crippen molar-refractivity contribution < 1.29 is 4.74 Å². The first-order valence-corrected chi connectivity index (χ1v) is 7.96. The molecule has 0 bridgehead atoms. The predicted octanol–water partition coefficient (Wildman–Crippen LogP) is 2.75. The van der Waals surface area contributed by atoms with Crippen LogP contribution in [0.1, 0.15) is 32.3 Å². The Kier molecular flexibility index (Phi) is 4.27. The number of benzene rings is 1. The molecule has 0 aliphatic carbocycles. The summed E-state index contributed by atoms with van der Waals surface area (Å²) < 4.78 is 5.51. The van der Waals surface area contributed by atoms with Gasteiger partial charge in [-0.05, 0) is 50.9 Å². The highest BCUT2D eigenvalue weighted by atomic mass is 16.5. The summed E-state index contributed by atoms with van der Waals surface area (Å²) >= 11 is 0. The molecule has 2 aliphatic heterocycles. The Hall–Kier alpha value is -1.06. The van der Waals surface area contributed by atoms with Gasteiger partial charge in [0.2, 0.25) is 0 Å². The van der Waals surface area contributed by atoms with Crippen LogP contribution in [0.15, 0.2) is 24.3 Å². The zero-order chi connectivity index (χ0) is 13.9. The Morgan fingerprint density at radius 2 is 2.00 bits per heavy atom. The monoisotopic (exact) mass is 274 g/mol. The maximum Gasteiger partial charge on any atom is 0.119 e. The molecule has 20 heavy (non-hydrogen) atoms. The van der Waals surface area contributed by atoms with E-state index in [2.05, 4.69) is 41.0 Å². The highest BCUT2D eigenvalue weighted by Gasteiger charge is 2.34. The smallest absolute Gasteiger partial charge is 0.119 e. The molecule has 0 unspecified atom stereocenters. The van der Waals surface area contributed by atoms with E-state index in [1.165, 1.54) is 38.0 Å². The number of fused-ring (bicyclic) bond motifs is 1. The molecule has 0 saturated carbocycles.